The fourth-order valence-corrected chi connectivity index (χ4v) is 2.39. The molecule has 0 aromatic heterocycles. The van der Waals surface area contributed by atoms with Crippen LogP contribution < -0.4 is 10.6 Å². The van der Waals surface area contributed by atoms with Crippen LogP contribution in [-0.2, 0) is 11.2 Å². The van der Waals surface area contributed by atoms with Crippen LogP contribution in [0.1, 0.15) is 25.8 Å². The summed E-state index contributed by atoms with van der Waals surface area (Å²) in [7, 11) is 0. The number of nitrogens with two attached hydrogens (primary N) is 1. The highest BCUT2D eigenvalue weighted by Gasteiger charge is 2.28. The number of nitrogens with zero attached hydrogens (tertiary/aromatic N) is 1. The topological polar surface area (TPSA) is 46.3 Å². The molecule has 98 valence electrons. The van der Waals surface area contributed by atoms with Gasteiger partial charge in [-0.3, -0.25) is 4.79 Å². The van der Waals surface area contributed by atoms with Gasteiger partial charge in [0.15, 0.2) is 0 Å². The first-order chi connectivity index (χ1) is 8.49. The van der Waals surface area contributed by atoms with Crippen LogP contribution in [0.5, 0.6) is 0 Å². The second-order valence-corrected chi connectivity index (χ2v) is 5.25. The fourth-order valence-electron chi connectivity index (χ4n) is 2.39. The minimum Gasteiger partial charge on any atom is -0.320 e. The van der Waals surface area contributed by atoms with Crippen LogP contribution in [-0.4, -0.2) is 18.5 Å². The molecule has 0 unspecified atom stereocenters. The minimum absolute atomic E-state index is 0.104. The molecule has 0 bridgehead atoms. The summed E-state index contributed by atoms with van der Waals surface area (Å²) < 4.78 is 13.2. The van der Waals surface area contributed by atoms with Crippen molar-refractivity contribution in [3.63, 3.8) is 0 Å². The predicted molar refractivity (Wildman–Crippen MR) is 69.9 cm³/mol. The normalized spacial score (nSPS) is 15.9. The van der Waals surface area contributed by atoms with Crippen molar-refractivity contribution >= 4 is 11.6 Å². The van der Waals surface area contributed by atoms with Gasteiger partial charge in [0.25, 0.3) is 0 Å². The number of fused-ring (bicyclic) bond motifs is 1. The molecule has 1 atom stereocenters. The molecule has 18 heavy (non-hydrogen) atoms. The minimum atomic E-state index is -0.501. The summed E-state index contributed by atoms with van der Waals surface area (Å²) in [5.41, 5.74) is 7.60. The van der Waals surface area contributed by atoms with Gasteiger partial charge in [0.1, 0.15) is 5.82 Å². The molecule has 2 N–H and O–H groups in total. The number of anilines is 1. The lowest BCUT2D eigenvalue weighted by molar-refractivity contribution is -0.120. The van der Waals surface area contributed by atoms with E-state index in [9.17, 15) is 9.18 Å². The Morgan fingerprint density at radius 3 is 2.89 bits per heavy atom. The Labute approximate surface area is 107 Å². The molecule has 0 radical (unpaired) electrons. The van der Waals surface area contributed by atoms with E-state index in [1.807, 2.05) is 13.8 Å². The molecule has 1 aromatic rings. The number of carbonyl (C=O) groups excluding carboxylic acids is 1. The molecule has 0 saturated carbocycles. The third-order valence-corrected chi connectivity index (χ3v) is 3.25. The van der Waals surface area contributed by atoms with Gasteiger partial charge in [0, 0.05) is 12.2 Å². The summed E-state index contributed by atoms with van der Waals surface area (Å²) in [6.45, 7) is 4.67. The van der Waals surface area contributed by atoms with Gasteiger partial charge in [-0.15, -0.1) is 0 Å². The van der Waals surface area contributed by atoms with Gasteiger partial charge in [-0.2, -0.15) is 0 Å². The van der Waals surface area contributed by atoms with E-state index in [2.05, 4.69) is 0 Å². The standard InChI is InChI=1S/C14H19FN2O/c1-9(2)7-12(16)14(18)17-6-5-10-3-4-11(15)8-13(10)17/h3-4,8-9,12H,5-7,16H2,1-2H3/t12-/m0/s1. The van der Waals surface area contributed by atoms with Crippen molar-refractivity contribution in [2.75, 3.05) is 11.4 Å². The first kappa shape index (κ1) is 13.0. The zero-order valence-corrected chi connectivity index (χ0v) is 10.8. The Balaban J connectivity index is 2.17. The van der Waals surface area contributed by atoms with Gasteiger partial charge in [0.05, 0.1) is 6.04 Å². The maximum absolute atomic E-state index is 13.2. The highest BCUT2D eigenvalue weighted by Crippen LogP contribution is 2.29. The summed E-state index contributed by atoms with van der Waals surface area (Å²) >= 11 is 0. The first-order valence-electron chi connectivity index (χ1n) is 6.34. The lowest BCUT2D eigenvalue weighted by Gasteiger charge is -2.22. The molecule has 1 heterocycles. The predicted octanol–water partition coefficient (Wildman–Crippen LogP) is 2.09. The number of benzene rings is 1. The van der Waals surface area contributed by atoms with E-state index in [1.165, 1.54) is 12.1 Å². The molecule has 1 aliphatic rings. The van der Waals surface area contributed by atoms with E-state index in [0.717, 1.165) is 12.0 Å². The maximum atomic E-state index is 13.2. The largest absolute Gasteiger partial charge is 0.320 e. The number of hydrogen-bond acceptors (Lipinski definition) is 2. The first-order valence-corrected chi connectivity index (χ1v) is 6.34. The molecule has 0 saturated heterocycles. The summed E-state index contributed by atoms with van der Waals surface area (Å²) in [6.07, 6.45) is 1.43. The zero-order valence-electron chi connectivity index (χ0n) is 10.8. The van der Waals surface area contributed by atoms with Gasteiger partial charge >= 0.3 is 0 Å². The molecule has 1 aliphatic heterocycles. The van der Waals surface area contributed by atoms with Crippen LogP contribution in [0.15, 0.2) is 18.2 Å². The molecule has 0 aliphatic carbocycles. The number of hydrogen-bond donors (Lipinski definition) is 1. The Hall–Kier alpha value is -1.42. The van der Waals surface area contributed by atoms with Crippen LogP contribution in [0.2, 0.25) is 0 Å². The summed E-state index contributed by atoms with van der Waals surface area (Å²) in [5, 5.41) is 0. The summed E-state index contributed by atoms with van der Waals surface area (Å²) in [6, 6.07) is 4.09. The number of rotatable bonds is 3. The van der Waals surface area contributed by atoms with Crippen molar-refractivity contribution in [3.8, 4) is 0 Å². The smallest absolute Gasteiger partial charge is 0.243 e. The van der Waals surface area contributed by atoms with E-state index in [0.29, 0.717) is 24.6 Å². The summed E-state index contributed by atoms with van der Waals surface area (Å²) in [5.74, 6) is -0.0440. The highest BCUT2D eigenvalue weighted by molar-refractivity contribution is 5.98. The number of halogens is 1. The summed E-state index contributed by atoms with van der Waals surface area (Å²) in [4.78, 5) is 13.8. The Bertz CT molecular complexity index is 459. The van der Waals surface area contributed by atoms with Gasteiger partial charge in [-0.25, -0.2) is 4.39 Å². The van der Waals surface area contributed by atoms with Crippen molar-refractivity contribution in [1.29, 1.82) is 0 Å². The fraction of sp³-hybridized carbons (Fsp3) is 0.500. The lowest BCUT2D eigenvalue weighted by atomic mass is 10.0. The van der Waals surface area contributed by atoms with Crippen LogP contribution >= 0.6 is 0 Å². The average molecular weight is 250 g/mol. The SMILES string of the molecule is CC(C)C[C@H](N)C(=O)N1CCc2ccc(F)cc21. The quantitative estimate of drug-likeness (QED) is 0.892. The van der Waals surface area contributed by atoms with Gasteiger partial charge in [0.2, 0.25) is 5.91 Å². The van der Waals surface area contributed by atoms with Crippen molar-refractivity contribution in [2.24, 2.45) is 11.7 Å². The third-order valence-electron chi connectivity index (χ3n) is 3.25. The van der Waals surface area contributed by atoms with E-state index in [4.69, 9.17) is 5.73 Å². The van der Waals surface area contributed by atoms with Gasteiger partial charge in [-0.05, 0) is 36.5 Å². The van der Waals surface area contributed by atoms with Gasteiger partial charge in [-0.1, -0.05) is 19.9 Å². The van der Waals surface area contributed by atoms with Crippen LogP contribution in [0.3, 0.4) is 0 Å². The van der Waals surface area contributed by atoms with Crippen molar-refractivity contribution in [3.05, 3.63) is 29.6 Å². The Morgan fingerprint density at radius 1 is 1.50 bits per heavy atom. The molecular formula is C14H19FN2O. The molecule has 4 heteroatoms. The molecule has 1 aromatic carbocycles. The van der Waals surface area contributed by atoms with Crippen molar-refractivity contribution < 1.29 is 9.18 Å². The van der Waals surface area contributed by atoms with Crippen molar-refractivity contribution in [2.45, 2.75) is 32.7 Å². The lowest BCUT2D eigenvalue weighted by Crippen LogP contribution is -2.43. The van der Waals surface area contributed by atoms with Crippen LogP contribution in [0.4, 0.5) is 10.1 Å². The maximum Gasteiger partial charge on any atom is 0.243 e. The molecular weight excluding hydrogens is 231 g/mol. The van der Waals surface area contributed by atoms with E-state index >= 15 is 0 Å². The second-order valence-electron chi connectivity index (χ2n) is 5.25. The molecule has 0 spiro atoms. The number of amides is 1. The Morgan fingerprint density at radius 2 is 2.22 bits per heavy atom. The highest BCUT2D eigenvalue weighted by atomic mass is 19.1. The van der Waals surface area contributed by atoms with E-state index in [-0.39, 0.29) is 11.7 Å². The average Bonchev–Trinajstić information content (AvgIpc) is 2.69. The molecule has 2 rings (SSSR count). The van der Waals surface area contributed by atoms with Crippen LogP contribution in [0, 0.1) is 11.7 Å². The monoisotopic (exact) mass is 250 g/mol. The van der Waals surface area contributed by atoms with Crippen LogP contribution in [0.25, 0.3) is 0 Å². The second kappa shape index (κ2) is 5.06. The molecule has 0 fully saturated rings. The van der Waals surface area contributed by atoms with Gasteiger partial charge < -0.3 is 10.6 Å². The molecule has 3 nitrogen and oxygen atoms in total. The van der Waals surface area contributed by atoms with E-state index < -0.39 is 6.04 Å². The van der Waals surface area contributed by atoms with E-state index in [1.54, 1.807) is 11.0 Å². The van der Waals surface area contributed by atoms with Crippen molar-refractivity contribution in [1.82, 2.24) is 0 Å². The number of carbonyl (C=O) groups is 1. The molecule has 1 amide bonds. The zero-order chi connectivity index (χ0) is 13.3. The Kier molecular flexibility index (Phi) is 3.66. The third kappa shape index (κ3) is 2.53.